The summed E-state index contributed by atoms with van der Waals surface area (Å²) in [7, 11) is 2.23. The van der Waals surface area contributed by atoms with Crippen molar-refractivity contribution in [1.29, 1.82) is 0 Å². The first kappa shape index (κ1) is 13.5. The van der Waals surface area contributed by atoms with Crippen molar-refractivity contribution in [3.05, 3.63) is 30.1 Å². The van der Waals surface area contributed by atoms with Gasteiger partial charge in [-0.05, 0) is 56.5 Å². The molecule has 100 valence electrons. The van der Waals surface area contributed by atoms with E-state index in [1.54, 1.807) is 0 Å². The second kappa shape index (κ2) is 6.86. The van der Waals surface area contributed by atoms with Crippen molar-refractivity contribution in [2.24, 2.45) is 5.92 Å². The van der Waals surface area contributed by atoms with E-state index in [9.17, 15) is 0 Å². The maximum absolute atomic E-state index is 4.05. The number of rotatable bonds is 8. The minimum absolute atomic E-state index is 0.692. The van der Waals surface area contributed by atoms with Crippen LogP contribution in [0.4, 0.5) is 0 Å². The molecule has 0 spiro atoms. The number of nitrogens with one attached hydrogen (secondary N) is 1. The van der Waals surface area contributed by atoms with Gasteiger partial charge < -0.3 is 10.2 Å². The predicted molar refractivity (Wildman–Crippen MR) is 75.6 cm³/mol. The molecule has 3 nitrogen and oxygen atoms in total. The number of pyridine rings is 1. The summed E-state index contributed by atoms with van der Waals surface area (Å²) in [5, 5.41) is 3.62. The van der Waals surface area contributed by atoms with Gasteiger partial charge in [0.05, 0.1) is 0 Å². The lowest BCUT2D eigenvalue weighted by atomic mass is 10.1. The van der Waals surface area contributed by atoms with Crippen LogP contribution in [-0.4, -0.2) is 42.6 Å². The first-order chi connectivity index (χ1) is 8.79. The molecule has 1 saturated carbocycles. The summed E-state index contributed by atoms with van der Waals surface area (Å²) in [6.45, 7) is 5.58. The molecule has 1 aromatic heterocycles. The van der Waals surface area contributed by atoms with Crippen LogP contribution >= 0.6 is 0 Å². The molecule has 3 heteroatoms. The summed E-state index contributed by atoms with van der Waals surface area (Å²) in [6.07, 6.45) is 7.69. The molecule has 1 heterocycles. The third-order valence-electron chi connectivity index (χ3n) is 3.70. The van der Waals surface area contributed by atoms with Crippen molar-refractivity contribution >= 4 is 0 Å². The lowest BCUT2D eigenvalue weighted by Gasteiger charge is -2.24. The molecular formula is C15H25N3. The van der Waals surface area contributed by atoms with Crippen LogP contribution in [0, 0.1) is 5.92 Å². The van der Waals surface area contributed by atoms with Gasteiger partial charge in [-0.15, -0.1) is 0 Å². The Labute approximate surface area is 111 Å². The van der Waals surface area contributed by atoms with Gasteiger partial charge in [-0.1, -0.05) is 6.92 Å². The normalized spacial score (nSPS) is 17.1. The van der Waals surface area contributed by atoms with E-state index in [0.29, 0.717) is 6.04 Å². The average molecular weight is 247 g/mol. The Balaban J connectivity index is 1.72. The number of aromatic nitrogens is 1. The van der Waals surface area contributed by atoms with Gasteiger partial charge in [-0.25, -0.2) is 0 Å². The lowest BCUT2D eigenvalue weighted by molar-refractivity contribution is 0.278. The molecule has 1 unspecified atom stereocenters. The second-order valence-corrected chi connectivity index (χ2v) is 5.37. The summed E-state index contributed by atoms with van der Waals surface area (Å²) in [6, 6.07) is 4.91. The number of nitrogens with zero attached hydrogens (tertiary/aromatic N) is 2. The molecule has 1 aliphatic rings. The van der Waals surface area contributed by atoms with Crippen LogP contribution in [0.5, 0.6) is 0 Å². The van der Waals surface area contributed by atoms with Crippen LogP contribution < -0.4 is 5.32 Å². The topological polar surface area (TPSA) is 28.2 Å². The third-order valence-corrected chi connectivity index (χ3v) is 3.70. The molecule has 1 fully saturated rings. The largest absolute Gasteiger partial charge is 0.313 e. The van der Waals surface area contributed by atoms with Crippen LogP contribution in [0.3, 0.4) is 0 Å². The summed E-state index contributed by atoms with van der Waals surface area (Å²) in [5.41, 5.74) is 1.38. The van der Waals surface area contributed by atoms with Crippen molar-refractivity contribution < 1.29 is 0 Å². The molecule has 0 aliphatic heterocycles. The van der Waals surface area contributed by atoms with E-state index in [1.807, 2.05) is 12.4 Å². The molecule has 1 aliphatic carbocycles. The highest BCUT2D eigenvalue weighted by molar-refractivity contribution is 5.09. The number of likely N-dealkylation sites (N-methyl/N-ethyl adjacent to an activating group) is 2. The fraction of sp³-hybridized carbons (Fsp3) is 0.667. The van der Waals surface area contributed by atoms with E-state index in [1.165, 1.54) is 24.9 Å². The van der Waals surface area contributed by atoms with Crippen LogP contribution in [0.25, 0.3) is 0 Å². The smallest absolute Gasteiger partial charge is 0.0270 e. The quantitative estimate of drug-likeness (QED) is 0.761. The van der Waals surface area contributed by atoms with Crippen LogP contribution in [0.15, 0.2) is 24.5 Å². The maximum Gasteiger partial charge on any atom is 0.0270 e. The highest BCUT2D eigenvalue weighted by Gasteiger charge is 2.30. The van der Waals surface area contributed by atoms with Gasteiger partial charge in [0.2, 0.25) is 0 Å². The summed E-state index contributed by atoms with van der Waals surface area (Å²) >= 11 is 0. The fourth-order valence-electron chi connectivity index (χ4n) is 2.44. The Morgan fingerprint density at radius 1 is 1.39 bits per heavy atom. The van der Waals surface area contributed by atoms with E-state index in [4.69, 9.17) is 0 Å². The van der Waals surface area contributed by atoms with Crippen molar-refractivity contribution in [2.75, 3.05) is 26.7 Å². The maximum atomic E-state index is 4.05. The monoisotopic (exact) mass is 247 g/mol. The minimum Gasteiger partial charge on any atom is -0.313 e. The van der Waals surface area contributed by atoms with Crippen LogP contribution in [-0.2, 0) is 6.42 Å². The molecule has 0 radical (unpaired) electrons. The molecule has 1 aromatic rings. The number of hydrogen-bond acceptors (Lipinski definition) is 3. The average Bonchev–Trinajstić information content (AvgIpc) is 3.21. The van der Waals surface area contributed by atoms with E-state index in [2.05, 4.69) is 41.3 Å². The molecule has 1 N–H and O–H groups in total. The Bertz CT molecular complexity index is 335. The predicted octanol–water partition coefficient (Wildman–Crippen LogP) is 1.94. The van der Waals surface area contributed by atoms with Gasteiger partial charge in [0.1, 0.15) is 0 Å². The van der Waals surface area contributed by atoms with Gasteiger partial charge in [-0.2, -0.15) is 0 Å². The SMILES string of the molecule is CCNC(CN(C)CCc1ccncc1)C1CC1. The first-order valence-electron chi connectivity index (χ1n) is 7.10. The van der Waals surface area contributed by atoms with Crippen molar-refractivity contribution in [3.8, 4) is 0 Å². The van der Waals surface area contributed by atoms with Crippen molar-refractivity contribution in [3.63, 3.8) is 0 Å². The summed E-state index contributed by atoms with van der Waals surface area (Å²) in [4.78, 5) is 6.50. The molecule has 0 amide bonds. The van der Waals surface area contributed by atoms with Gasteiger partial charge in [-0.3, -0.25) is 4.98 Å². The zero-order valence-electron chi connectivity index (χ0n) is 11.6. The summed E-state index contributed by atoms with van der Waals surface area (Å²) in [5.74, 6) is 0.924. The molecule has 2 rings (SSSR count). The second-order valence-electron chi connectivity index (χ2n) is 5.37. The molecular weight excluding hydrogens is 222 g/mol. The van der Waals surface area contributed by atoms with Gasteiger partial charge >= 0.3 is 0 Å². The Morgan fingerprint density at radius 3 is 2.72 bits per heavy atom. The van der Waals surface area contributed by atoms with Gasteiger partial charge in [0.15, 0.2) is 0 Å². The molecule has 1 atom stereocenters. The highest BCUT2D eigenvalue weighted by Crippen LogP contribution is 2.32. The van der Waals surface area contributed by atoms with Crippen molar-refractivity contribution in [2.45, 2.75) is 32.2 Å². The van der Waals surface area contributed by atoms with Crippen molar-refractivity contribution in [1.82, 2.24) is 15.2 Å². The van der Waals surface area contributed by atoms with Gasteiger partial charge in [0.25, 0.3) is 0 Å². The Kier molecular flexibility index (Phi) is 5.14. The van der Waals surface area contributed by atoms with E-state index in [0.717, 1.165) is 25.4 Å². The fourth-order valence-corrected chi connectivity index (χ4v) is 2.44. The van der Waals surface area contributed by atoms with Crippen LogP contribution in [0.1, 0.15) is 25.3 Å². The molecule has 0 saturated heterocycles. The molecule has 0 bridgehead atoms. The summed E-state index contributed by atoms with van der Waals surface area (Å²) < 4.78 is 0. The minimum atomic E-state index is 0.692. The van der Waals surface area contributed by atoms with E-state index < -0.39 is 0 Å². The van der Waals surface area contributed by atoms with Gasteiger partial charge in [0, 0.05) is 31.5 Å². The zero-order valence-corrected chi connectivity index (χ0v) is 11.6. The van der Waals surface area contributed by atoms with Crippen LogP contribution in [0.2, 0.25) is 0 Å². The standard InChI is InChI=1S/C15H25N3/c1-3-17-15(14-4-5-14)12-18(2)11-8-13-6-9-16-10-7-13/h6-7,9-10,14-15,17H,3-5,8,11-12H2,1-2H3. The number of hydrogen-bond donors (Lipinski definition) is 1. The van der Waals surface area contributed by atoms with E-state index in [-0.39, 0.29) is 0 Å². The third kappa shape index (κ3) is 4.39. The zero-order chi connectivity index (χ0) is 12.8. The molecule has 0 aromatic carbocycles. The highest BCUT2D eigenvalue weighted by atomic mass is 15.1. The van der Waals surface area contributed by atoms with E-state index >= 15 is 0 Å². The first-order valence-corrected chi connectivity index (χ1v) is 7.10. The lowest BCUT2D eigenvalue weighted by Crippen LogP contribution is -2.41. The Hall–Kier alpha value is -0.930. The Morgan fingerprint density at radius 2 is 2.11 bits per heavy atom. The molecule has 18 heavy (non-hydrogen) atoms.